The Hall–Kier alpha value is -1.65. The van der Waals surface area contributed by atoms with Gasteiger partial charge in [-0.15, -0.1) is 0 Å². The summed E-state index contributed by atoms with van der Waals surface area (Å²) in [5.74, 6) is 1.57. The topological polar surface area (TPSA) is 34.1 Å². The molecular formula is C22H29N2OSi. The third-order valence-corrected chi connectivity index (χ3v) is 5.79. The van der Waals surface area contributed by atoms with Crippen molar-refractivity contribution in [2.45, 2.75) is 56.5 Å². The average Bonchev–Trinajstić information content (AvgIpc) is 3.22. The number of pyridine rings is 1. The standard InChI is InChI=1S/C22H29N2OSi/c1-16(14-17-10-12-19(25-2)13-11-17)23-15-22(26)21-9-5-8-20(24-21)18-6-3-4-7-18/h5,8-13,16,18,22-23H,3-4,6-7,14-15H2,1-2H3/t16-,22?/m1/s1. The summed E-state index contributed by atoms with van der Waals surface area (Å²) in [7, 11) is 5.58. The lowest BCUT2D eigenvalue weighted by Crippen LogP contribution is -2.32. The second-order valence-corrected chi connectivity index (χ2v) is 8.08. The maximum Gasteiger partial charge on any atom is 0.118 e. The number of hydrogen-bond donors (Lipinski definition) is 1. The van der Waals surface area contributed by atoms with Gasteiger partial charge in [-0.3, -0.25) is 4.98 Å². The van der Waals surface area contributed by atoms with E-state index in [1.54, 1.807) is 7.11 Å². The van der Waals surface area contributed by atoms with E-state index >= 15 is 0 Å². The molecule has 0 aliphatic heterocycles. The predicted octanol–water partition coefficient (Wildman–Crippen LogP) is 4.18. The Labute approximate surface area is 161 Å². The molecule has 1 aliphatic rings. The number of ether oxygens (including phenoxy) is 1. The average molecular weight is 366 g/mol. The summed E-state index contributed by atoms with van der Waals surface area (Å²) in [6, 6.07) is 15.2. The summed E-state index contributed by atoms with van der Waals surface area (Å²) in [5.41, 5.74) is 3.96. The van der Waals surface area contributed by atoms with E-state index in [1.807, 2.05) is 12.1 Å². The van der Waals surface area contributed by atoms with Crippen molar-refractivity contribution in [2.24, 2.45) is 0 Å². The molecule has 3 radical (unpaired) electrons. The van der Waals surface area contributed by atoms with Crippen LogP contribution in [0.2, 0.25) is 0 Å². The molecule has 2 atom stereocenters. The van der Waals surface area contributed by atoms with Crippen LogP contribution in [0.25, 0.3) is 0 Å². The van der Waals surface area contributed by atoms with E-state index in [2.05, 4.69) is 52.8 Å². The Morgan fingerprint density at radius 2 is 1.88 bits per heavy atom. The van der Waals surface area contributed by atoms with Gasteiger partial charge in [0, 0.05) is 45.7 Å². The minimum Gasteiger partial charge on any atom is -0.497 e. The maximum atomic E-state index is 5.22. The number of aromatic nitrogens is 1. The molecule has 0 saturated heterocycles. The first-order valence-corrected chi connectivity index (χ1v) is 10.3. The SMILES string of the molecule is COc1ccc(C[C@@H](C)NCC([Si])c2cccc(C3CCCC3)n2)cc1. The maximum absolute atomic E-state index is 5.22. The van der Waals surface area contributed by atoms with E-state index in [1.165, 1.54) is 36.9 Å². The first kappa shape index (κ1) is 19.1. The fourth-order valence-electron chi connectivity index (χ4n) is 3.72. The van der Waals surface area contributed by atoms with Crippen LogP contribution < -0.4 is 10.1 Å². The predicted molar refractivity (Wildman–Crippen MR) is 108 cm³/mol. The molecule has 4 heteroatoms. The van der Waals surface area contributed by atoms with Crippen molar-refractivity contribution < 1.29 is 4.74 Å². The van der Waals surface area contributed by atoms with Gasteiger partial charge in [0.05, 0.1) is 7.11 Å². The van der Waals surface area contributed by atoms with Crippen molar-refractivity contribution in [1.29, 1.82) is 0 Å². The molecule has 1 N–H and O–H groups in total. The molecule has 0 bridgehead atoms. The highest BCUT2D eigenvalue weighted by molar-refractivity contribution is 6.12. The van der Waals surface area contributed by atoms with E-state index in [9.17, 15) is 0 Å². The number of hydrogen-bond acceptors (Lipinski definition) is 3. The van der Waals surface area contributed by atoms with Crippen LogP contribution in [0.15, 0.2) is 42.5 Å². The Bertz CT molecular complexity index is 683. The van der Waals surface area contributed by atoms with E-state index < -0.39 is 0 Å². The summed E-state index contributed by atoms with van der Waals surface area (Å²) in [5, 5.41) is 3.63. The minimum absolute atomic E-state index is 0.231. The van der Waals surface area contributed by atoms with Crippen LogP contribution in [-0.4, -0.2) is 34.9 Å². The first-order valence-electron chi connectivity index (χ1n) is 9.70. The van der Waals surface area contributed by atoms with Gasteiger partial charge in [0.25, 0.3) is 0 Å². The number of benzene rings is 1. The van der Waals surface area contributed by atoms with Gasteiger partial charge < -0.3 is 10.1 Å². The number of methoxy groups -OCH3 is 1. The van der Waals surface area contributed by atoms with Crippen molar-refractivity contribution in [3.8, 4) is 5.75 Å². The molecule has 3 nitrogen and oxygen atoms in total. The van der Waals surface area contributed by atoms with Gasteiger partial charge in [-0.05, 0) is 56.0 Å². The quantitative estimate of drug-likeness (QED) is 0.713. The van der Waals surface area contributed by atoms with Crippen LogP contribution in [-0.2, 0) is 6.42 Å². The summed E-state index contributed by atoms with van der Waals surface area (Å²) in [4.78, 5) is 4.93. The Morgan fingerprint density at radius 1 is 1.15 bits per heavy atom. The lowest BCUT2D eigenvalue weighted by molar-refractivity contribution is 0.414. The Balaban J connectivity index is 1.51. The fraction of sp³-hybridized carbons (Fsp3) is 0.500. The summed E-state index contributed by atoms with van der Waals surface area (Å²) in [6.45, 7) is 3.10. The largest absolute Gasteiger partial charge is 0.497 e. The summed E-state index contributed by atoms with van der Waals surface area (Å²) in [6.07, 6.45) is 6.27. The second-order valence-electron chi connectivity index (χ2n) is 7.38. The van der Waals surface area contributed by atoms with Gasteiger partial charge in [0.2, 0.25) is 0 Å². The highest BCUT2D eigenvalue weighted by Crippen LogP contribution is 2.33. The van der Waals surface area contributed by atoms with Gasteiger partial charge in [-0.1, -0.05) is 31.0 Å². The molecule has 0 spiro atoms. The molecule has 1 aliphatic carbocycles. The molecule has 1 aromatic heterocycles. The zero-order chi connectivity index (χ0) is 18.4. The zero-order valence-corrected chi connectivity index (χ0v) is 16.9. The lowest BCUT2D eigenvalue weighted by atomic mass is 10.0. The number of nitrogens with zero attached hydrogens (tertiary/aromatic N) is 1. The van der Waals surface area contributed by atoms with Gasteiger partial charge in [0.1, 0.15) is 5.75 Å². The summed E-state index contributed by atoms with van der Waals surface area (Å²) >= 11 is 0. The second kappa shape index (κ2) is 9.33. The van der Waals surface area contributed by atoms with Crippen LogP contribution in [0.5, 0.6) is 5.75 Å². The monoisotopic (exact) mass is 365 g/mol. The van der Waals surface area contributed by atoms with E-state index in [0.29, 0.717) is 12.0 Å². The molecule has 1 heterocycles. The van der Waals surface area contributed by atoms with Crippen molar-refractivity contribution in [2.75, 3.05) is 13.7 Å². The molecule has 0 amide bonds. The third-order valence-electron chi connectivity index (χ3n) is 5.29. The molecule has 3 rings (SSSR count). The van der Waals surface area contributed by atoms with Crippen molar-refractivity contribution in [3.63, 3.8) is 0 Å². The third kappa shape index (κ3) is 5.18. The van der Waals surface area contributed by atoms with E-state index in [-0.39, 0.29) is 5.54 Å². The van der Waals surface area contributed by atoms with Crippen molar-refractivity contribution >= 4 is 10.2 Å². The normalized spacial score (nSPS) is 17.2. The van der Waals surface area contributed by atoms with Crippen molar-refractivity contribution in [1.82, 2.24) is 10.3 Å². The van der Waals surface area contributed by atoms with Crippen LogP contribution in [0, 0.1) is 0 Å². The molecule has 1 unspecified atom stereocenters. The number of nitrogens with one attached hydrogen (secondary N) is 1. The molecule has 1 aromatic carbocycles. The lowest BCUT2D eigenvalue weighted by Gasteiger charge is -2.19. The van der Waals surface area contributed by atoms with E-state index in [4.69, 9.17) is 9.72 Å². The summed E-state index contributed by atoms with van der Waals surface area (Å²) < 4.78 is 5.22. The van der Waals surface area contributed by atoms with Gasteiger partial charge in [-0.2, -0.15) is 0 Å². The van der Waals surface area contributed by atoms with Crippen LogP contribution in [0.3, 0.4) is 0 Å². The van der Waals surface area contributed by atoms with Crippen molar-refractivity contribution in [3.05, 3.63) is 59.4 Å². The smallest absolute Gasteiger partial charge is 0.118 e. The highest BCUT2D eigenvalue weighted by Gasteiger charge is 2.19. The molecule has 137 valence electrons. The molecule has 1 saturated carbocycles. The zero-order valence-electron chi connectivity index (χ0n) is 15.9. The highest BCUT2D eigenvalue weighted by atomic mass is 28.1. The van der Waals surface area contributed by atoms with Crippen LogP contribution in [0.1, 0.15) is 61.0 Å². The fourth-order valence-corrected chi connectivity index (χ4v) is 4.00. The van der Waals surface area contributed by atoms with Gasteiger partial charge in [-0.25, -0.2) is 0 Å². The minimum atomic E-state index is 0.231. The molecule has 1 fully saturated rings. The molecule has 26 heavy (non-hydrogen) atoms. The van der Waals surface area contributed by atoms with Gasteiger partial charge in [0.15, 0.2) is 0 Å². The van der Waals surface area contributed by atoms with Crippen LogP contribution >= 0.6 is 0 Å². The Kier molecular flexibility index (Phi) is 6.86. The van der Waals surface area contributed by atoms with Crippen LogP contribution in [0.4, 0.5) is 0 Å². The van der Waals surface area contributed by atoms with Gasteiger partial charge >= 0.3 is 0 Å². The Morgan fingerprint density at radius 3 is 2.58 bits per heavy atom. The number of rotatable bonds is 8. The van der Waals surface area contributed by atoms with E-state index in [0.717, 1.165) is 24.4 Å². The molecule has 2 aromatic rings. The first-order chi connectivity index (χ1) is 12.7. The molecular weight excluding hydrogens is 336 g/mol.